The lowest BCUT2D eigenvalue weighted by atomic mass is 10.1. The molecule has 142 valence electrons. The van der Waals surface area contributed by atoms with E-state index >= 15 is 0 Å². The predicted molar refractivity (Wildman–Crippen MR) is 90.1 cm³/mol. The van der Waals surface area contributed by atoms with Gasteiger partial charge in [-0.05, 0) is 22.6 Å². The molecule has 1 aromatic heterocycles. The highest BCUT2D eigenvalue weighted by Crippen LogP contribution is 2.32. The van der Waals surface area contributed by atoms with Crippen LogP contribution in [-0.2, 0) is 23.8 Å². The number of anilines is 1. The number of rotatable bonds is 5. The normalized spacial score (nSPS) is 14.1. The van der Waals surface area contributed by atoms with Crippen molar-refractivity contribution in [1.29, 1.82) is 0 Å². The Bertz CT molecular complexity index is 879. The molecule has 0 bridgehead atoms. The molecule has 0 unspecified atom stereocenters. The predicted octanol–water partition coefficient (Wildman–Crippen LogP) is 0.0651. The number of carbonyl (C=O) groups is 2. The minimum absolute atomic E-state index is 0.0400. The number of nitrogens with zero attached hydrogens (tertiary/aromatic N) is 5. The summed E-state index contributed by atoms with van der Waals surface area (Å²) in [4.78, 5) is 25.9. The fourth-order valence-corrected chi connectivity index (χ4v) is 2.64. The molecule has 2 aromatic rings. The lowest BCUT2D eigenvalue weighted by Crippen LogP contribution is -2.38. The Morgan fingerprint density at radius 3 is 2.56 bits per heavy atom. The minimum Gasteiger partial charge on any atom is -0.494 e. The lowest BCUT2D eigenvalue weighted by molar-refractivity contribution is -0.140. The fourth-order valence-electron chi connectivity index (χ4n) is 2.64. The summed E-state index contributed by atoms with van der Waals surface area (Å²) < 4.78 is 21.9. The zero-order valence-electron chi connectivity index (χ0n) is 14.9. The van der Waals surface area contributed by atoms with Gasteiger partial charge in [-0.1, -0.05) is 0 Å². The van der Waals surface area contributed by atoms with Crippen molar-refractivity contribution in [3.05, 3.63) is 35.8 Å². The fraction of sp³-hybridized carbons (Fsp3) is 0.312. The molecule has 1 aromatic carbocycles. The van der Waals surface area contributed by atoms with Crippen molar-refractivity contribution < 1.29 is 28.5 Å². The molecule has 0 amide bonds. The van der Waals surface area contributed by atoms with Crippen LogP contribution in [-0.4, -0.2) is 66.8 Å². The van der Waals surface area contributed by atoms with Crippen molar-refractivity contribution in [2.75, 3.05) is 39.6 Å². The Morgan fingerprint density at radius 2 is 1.93 bits per heavy atom. The van der Waals surface area contributed by atoms with Crippen LogP contribution in [0, 0.1) is 0 Å². The van der Waals surface area contributed by atoms with Crippen LogP contribution in [0.4, 0.5) is 5.69 Å². The highest BCUT2D eigenvalue weighted by molar-refractivity contribution is 6.03. The third-order valence-electron chi connectivity index (χ3n) is 3.90. The number of hydrogen-bond donors (Lipinski definition) is 0. The summed E-state index contributed by atoms with van der Waals surface area (Å²) in [7, 11) is 3.96. The van der Waals surface area contributed by atoms with Crippen molar-refractivity contribution in [1.82, 2.24) is 20.2 Å². The molecule has 11 heteroatoms. The van der Waals surface area contributed by atoms with Gasteiger partial charge >= 0.3 is 11.9 Å². The van der Waals surface area contributed by atoms with E-state index in [0.29, 0.717) is 17.1 Å². The molecule has 0 N–H and O–H groups in total. The Kier molecular flexibility index (Phi) is 5.31. The van der Waals surface area contributed by atoms with Gasteiger partial charge in [0.2, 0.25) is 0 Å². The van der Waals surface area contributed by atoms with Crippen LogP contribution in [0.5, 0.6) is 5.75 Å². The monoisotopic (exact) mass is 375 g/mol. The van der Waals surface area contributed by atoms with Crippen molar-refractivity contribution in [3.63, 3.8) is 0 Å². The largest absolute Gasteiger partial charge is 0.494 e. The molecule has 3 rings (SSSR count). The first kappa shape index (κ1) is 18.3. The Morgan fingerprint density at radius 1 is 1.15 bits per heavy atom. The molecule has 27 heavy (non-hydrogen) atoms. The summed E-state index contributed by atoms with van der Waals surface area (Å²) in [6.07, 6.45) is 1.43. The van der Waals surface area contributed by atoms with Crippen molar-refractivity contribution in [2.24, 2.45) is 0 Å². The molecule has 0 spiro atoms. The van der Waals surface area contributed by atoms with Crippen LogP contribution in [0.2, 0.25) is 0 Å². The van der Waals surface area contributed by atoms with E-state index in [2.05, 4.69) is 15.5 Å². The van der Waals surface area contributed by atoms with Gasteiger partial charge in [0, 0.05) is 11.8 Å². The average molecular weight is 375 g/mol. The average Bonchev–Trinajstić information content (AvgIpc) is 3.26. The molecular formula is C16H17N5O6. The molecule has 1 aliphatic rings. The summed E-state index contributed by atoms with van der Waals surface area (Å²) >= 11 is 0. The van der Waals surface area contributed by atoms with Crippen LogP contribution >= 0.6 is 0 Å². The molecule has 0 aliphatic carbocycles. The molecule has 1 aliphatic heterocycles. The van der Waals surface area contributed by atoms with Gasteiger partial charge in [0.25, 0.3) is 0 Å². The van der Waals surface area contributed by atoms with Gasteiger partial charge in [0.05, 0.1) is 33.5 Å². The summed E-state index contributed by atoms with van der Waals surface area (Å²) in [5, 5.41) is 11.0. The van der Waals surface area contributed by atoms with Crippen molar-refractivity contribution in [2.45, 2.75) is 0 Å². The van der Waals surface area contributed by atoms with E-state index in [-0.39, 0.29) is 24.6 Å². The number of ether oxygens (including phenoxy) is 4. The van der Waals surface area contributed by atoms with E-state index < -0.39 is 11.9 Å². The maximum atomic E-state index is 12.3. The lowest BCUT2D eigenvalue weighted by Gasteiger charge is -2.31. The molecule has 0 saturated carbocycles. The smallest absolute Gasteiger partial charge is 0.355 e. The van der Waals surface area contributed by atoms with Crippen LogP contribution in [0.25, 0.3) is 5.69 Å². The van der Waals surface area contributed by atoms with Crippen LogP contribution < -0.4 is 9.64 Å². The van der Waals surface area contributed by atoms with Gasteiger partial charge in [0.1, 0.15) is 30.2 Å². The maximum Gasteiger partial charge on any atom is 0.355 e. The third-order valence-corrected chi connectivity index (χ3v) is 3.90. The second-order valence-electron chi connectivity index (χ2n) is 5.33. The first-order valence-corrected chi connectivity index (χ1v) is 7.77. The molecule has 0 fully saturated rings. The zero-order chi connectivity index (χ0) is 19.4. The van der Waals surface area contributed by atoms with Gasteiger partial charge in [-0.25, -0.2) is 9.59 Å². The highest BCUT2D eigenvalue weighted by Gasteiger charge is 2.32. The zero-order valence-corrected chi connectivity index (χ0v) is 14.9. The Balaban J connectivity index is 2.08. The van der Waals surface area contributed by atoms with E-state index in [1.54, 1.807) is 18.2 Å². The quantitative estimate of drug-likeness (QED) is 0.664. The van der Waals surface area contributed by atoms with Crippen LogP contribution in [0.15, 0.2) is 35.8 Å². The summed E-state index contributed by atoms with van der Waals surface area (Å²) in [6, 6.07) is 5.10. The van der Waals surface area contributed by atoms with Gasteiger partial charge in [-0.15, -0.1) is 5.10 Å². The standard InChI is InChI=1S/C16H17N5O6/c1-24-13-6-10(4-5-12(13)21-8-17-18-19-21)20-9-27-7-11(15(22)25-2)14(20)16(23)26-3/h4-6,8H,7,9H2,1-3H3. The van der Waals surface area contributed by atoms with Crippen LogP contribution in [0.3, 0.4) is 0 Å². The van der Waals surface area contributed by atoms with E-state index in [9.17, 15) is 9.59 Å². The summed E-state index contributed by atoms with van der Waals surface area (Å²) in [5.74, 6) is -0.895. The molecular weight excluding hydrogens is 358 g/mol. The minimum atomic E-state index is -0.679. The van der Waals surface area contributed by atoms with E-state index in [1.807, 2.05) is 0 Å². The van der Waals surface area contributed by atoms with Crippen LogP contribution in [0.1, 0.15) is 0 Å². The van der Waals surface area contributed by atoms with E-state index in [0.717, 1.165) is 0 Å². The summed E-state index contributed by atoms with van der Waals surface area (Å²) in [5.41, 5.74) is 1.26. The Hall–Kier alpha value is -3.47. The van der Waals surface area contributed by atoms with Gasteiger partial charge < -0.3 is 23.8 Å². The number of esters is 2. The molecule has 2 heterocycles. The van der Waals surface area contributed by atoms with Crippen molar-refractivity contribution in [3.8, 4) is 11.4 Å². The van der Waals surface area contributed by atoms with E-state index in [1.165, 1.54) is 37.2 Å². The molecule has 0 saturated heterocycles. The third kappa shape index (κ3) is 3.44. The van der Waals surface area contributed by atoms with Gasteiger partial charge in [-0.2, -0.15) is 4.68 Å². The van der Waals surface area contributed by atoms with Gasteiger partial charge in [0.15, 0.2) is 0 Å². The Labute approximate surface area is 154 Å². The number of aromatic nitrogens is 4. The van der Waals surface area contributed by atoms with Crippen molar-refractivity contribution >= 4 is 17.6 Å². The van der Waals surface area contributed by atoms with E-state index in [4.69, 9.17) is 18.9 Å². The number of tetrazole rings is 1. The first-order chi connectivity index (χ1) is 13.1. The number of carbonyl (C=O) groups excluding carboxylic acids is 2. The second kappa shape index (κ2) is 7.83. The first-order valence-electron chi connectivity index (χ1n) is 7.77. The number of hydrogen-bond acceptors (Lipinski definition) is 10. The number of benzene rings is 1. The molecule has 0 atom stereocenters. The topological polar surface area (TPSA) is 118 Å². The van der Waals surface area contributed by atoms with Gasteiger partial charge in [-0.3, -0.25) is 0 Å². The SMILES string of the molecule is COC(=O)C1=C(C(=O)OC)N(c2ccc(-n3cnnn3)c(OC)c2)COC1. The molecule has 0 radical (unpaired) electrons. The second-order valence-corrected chi connectivity index (χ2v) is 5.33. The number of methoxy groups -OCH3 is 3. The maximum absolute atomic E-state index is 12.3. The highest BCUT2D eigenvalue weighted by atomic mass is 16.5. The molecule has 11 nitrogen and oxygen atoms in total. The summed E-state index contributed by atoms with van der Waals surface area (Å²) in [6.45, 7) is -0.0221.